The summed E-state index contributed by atoms with van der Waals surface area (Å²) in [7, 11) is -4.00. The Kier molecular flexibility index (Phi) is 9.73. The molecule has 4 N–H and O–H groups in total. The molecule has 2 aromatic carbocycles. The van der Waals surface area contributed by atoms with Gasteiger partial charge in [-0.25, -0.2) is 27.7 Å². The van der Waals surface area contributed by atoms with Crippen molar-refractivity contribution < 1.29 is 22.7 Å². The second-order valence-corrected chi connectivity index (χ2v) is 13.5. The predicted octanol–water partition coefficient (Wildman–Crippen LogP) is 5.62. The number of urea groups is 1. The van der Waals surface area contributed by atoms with Crippen LogP contribution in [-0.4, -0.2) is 47.4 Å². The molecule has 2 heterocycles. The lowest BCUT2D eigenvalue weighted by molar-refractivity contribution is 0.130. The number of hydrogen-bond donors (Lipinski definition) is 4. The number of benzene rings is 2. The number of amides is 3. The Bertz CT molecular complexity index is 1680. The van der Waals surface area contributed by atoms with E-state index >= 15 is 0 Å². The second-order valence-electron chi connectivity index (χ2n) is 10.8. The third-order valence-electron chi connectivity index (χ3n) is 5.56. The normalized spacial score (nSPS) is 11.7. The van der Waals surface area contributed by atoms with E-state index in [-0.39, 0.29) is 17.5 Å². The first-order valence-corrected chi connectivity index (χ1v) is 15.6. The number of anilines is 2. The zero-order valence-corrected chi connectivity index (χ0v) is 26.0. The van der Waals surface area contributed by atoms with Gasteiger partial charge < -0.3 is 15.4 Å². The van der Waals surface area contributed by atoms with Crippen molar-refractivity contribution in [2.75, 3.05) is 10.6 Å². The molecule has 0 bridgehead atoms. The van der Waals surface area contributed by atoms with E-state index in [1.807, 2.05) is 0 Å². The van der Waals surface area contributed by atoms with E-state index in [1.165, 1.54) is 29.8 Å². The molecule has 0 atom stereocenters. The summed E-state index contributed by atoms with van der Waals surface area (Å²) in [5.74, 6) is 0. The van der Waals surface area contributed by atoms with E-state index < -0.39 is 27.7 Å². The highest BCUT2D eigenvalue weighted by Crippen LogP contribution is 2.37. The molecule has 0 aliphatic rings. The Labute approximate surface area is 254 Å². The molecule has 0 saturated carbocycles. The van der Waals surface area contributed by atoms with E-state index in [1.54, 1.807) is 83.3 Å². The van der Waals surface area contributed by atoms with Crippen LogP contribution in [0.1, 0.15) is 40.2 Å². The minimum Gasteiger partial charge on any atom is -0.447 e. The van der Waals surface area contributed by atoms with Crippen LogP contribution in [0.3, 0.4) is 0 Å². The van der Waals surface area contributed by atoms with E-state index in [4.69, 9.17) is 4.74 Å². The topological polar surface area (TPSA) is 164 Å². The Balaban J connectivity index is 1.58. The zero-order valence-electron chi connectivity index (χ0n) is 24.3. The first kappa shape index (κ1) is 31.5. The minimum atomic E-state index is -4.00. The highest BCUT2D eigenvalue weighted by molar-refractivity contribution is 7.89. The Morgan fingerprint density at radius 3 is 2.33 bits per heavy atom. The number of aromatic nitrogens is 3. The van der Waals surface area contributed by atoms with Gasteiger partial charge >= 0.3 is 12.1 Å². The average molecular weight is 624 g/mol. The third kappa shape index (κ3) is 9.04. The van der Waals surface area contributed by atoms with Gasteiger partial charge in [-0.1, -0.05) is 6.07 Å². The van der Waals surface area contributed by atoms with Crippen molar-refractivity contribution >= 4 is 44.9 Å². The number of sulfonamides is 1. The number of thiazole rings is 1. The summed E-state index contributed by atoms with van der Waals surface area (Å²) in [5.41, 5.74) is 2.11. The van der Waals surface area contributed by atoms with Crippen LogP contribution in [0.4, 0.5) is 21.0 Å². The molecule has 0 aliphatic heterocycles. The van der Waals surface area contributed by atoms with Crippen LogP contribution in [0, 0.1) is 0 Å². The summed E-state index contributed by atoms with van der Waals surface area (Å²) in [6.45, 7) is 9.00. The molecule has 3 amide bonds. The van der Waals surface area contributed by atoms with Crippen molar-refractivity contribution in [1.29, 1.82) is 0 Å². The van der Waals surface area contributed by atoms with Gasteiger partial charge in [-0.05, 0) is 82.6 Å². The Hall–Kier alpha value is -4.40. The van der Waals surface area contributed by atoms with Crippen LogP contribution in [-0.2, 0) is 21.3 Å². The molecule has 12 nitrogen and oxygen atoms in total. The Morgan fingerprint density at radius 2 is 1.67 bits per heavy atom. The molecule has 14 heteroatoms. The predicted molar refractivity (Wildman–Crippen MR) is 166 cm³/mol. The molecule has 0 radical (unpaired) electrons. The van der Waals surface area contributed by atoms with Crippen molar-refractivity contribution in [1.82, 2.24) is 25.2 Å². The molecular weight excluding hydrogens is 590 g/mol. The van der Waals surface area contributed by atoms with Crippen molar-refractivity contribution in [3.8, 4) is 21.0 Å². The third-order valence-corrected chi connectivity index (χ3v) is 8.44. The first-order valence-electron chi connectivity index (χ1n) is 13.3. The van der Waals surface area contributed by atoms with Gasteiger partial charge in [-0.2, -0.15) is 10.2 Å². The van der Waals surface area contributed by atoms with Crippen molar-refractivity contribution in [3.05, 3.63) is 72.7 Å². The standard InChI is InChI=1S/C29H33N7O5S2/c1-18(2)41-28(38)35-21-8-6-20(7-9-21)26-30-17-24(42-26)23-11-10-22(14-25(23)43(39,40)36-29(3,4)5)34-27(37)31-15-19-12-13-32-33-16-19/h6-14,16-18,36H,15H2,1-5H3,(H,35,38)(H2,31,34,37). The van der Waals surface area contributed by atoms with Crippen LogP contribution >= 0.6 is 11.3 Å². The lowest BCUT2D eigenvalue weighted by Crippen LogP contribution is -2.40. The SMILES string of the molecule is CC(C)OC(=O)Nc1ccc(-c2ncc(-c3ccc(NC(=O)NCc4ccnnc4)cc3S(=O)(=O)NC(C)(C)C)s2)cc1. The van der Waals surface area contributed by atoms with Gasteiger partial charge in [0.15, 0.2) is 0 Å². The highest BCUT2D eigenvalue weighted by atomic mass is 32.2. The van der Waals surface area contributed by atoms with Crippen LogP contribution in [0.2, 0.25) is 0 Å². The van der Waals surface area contributed by atoms with Gasteiger partial charge in [0.1, 0.15) is 5.01 Å². The molecule has 226 valence electrons. The van der Waals surface area contributed by atoms with Gasteiger partial charge in [0.2, 0.25) is 10.0 Å². The van der Waals surface area contributed by atoms with Gasteiger partial charge in [-0.3, -0.25) is 5.32 Å². The van der Waals surface area contributed by atoms with Crippen molar-refractivity contribution in [2.45, 2.75) is 57.7 Å². The molecule has 4 aromatic rings. The summed E-state index contributed by atoms with van der Waals surface area (Å²) in [4.78, 5) is 29.6. The zero-order chi connectivity index (χ0) is 31.2. The molecular formula is C29H33N7O5S2. The summed E-state index contributed by atoms with van der Waals surface area (Å²) < 4.78 is 34.9. The maximum absolute atomic E-state index is 13.5. The van der Waals surface area contributed by atoms with Crippen LogP contribution in [0.5, 0.6) is 0 Å². The summed E-state index contributed by atoms with van der Waals surface area (Å²) in [6, 6.07) is 13.0. The fraction of sp³-hybridized carbons (Fsp3) is 0.276. The van der Waals surface area contributed by atoms with E-state index in [0.29, 0.717) is 26.8 Å². The monoisotopic (exact) mass is 623 g/mol. The molecule has 4 rings (SSSR count). The van der Waals surface area contributed by atoms with Crippen LogP contribution in [0.15, 0.2) is 72.0 Å². The van der Waals surface area contributed by atoms with Gasteiger partial charge in [0.05, 0.1) is 22.1 Å². The molecule has 2 aromatic heterocycles. The number of nitrogens with zero attached hydrogens (tertiary/aromatic N) is 3. The Morgan fingerprint density at radius 1 is 0.953 bits per heavy atom. The van der Waals surface area contributed by atoms with Gasteiger partial charge in [0, 0.05) is 47.0 Å². The van der Waals surface area contributed by atoms with E-state index in [2.05, 4.69) is 35.9 Å². The first-order chi connectivity index (χ1) is 20.3. The number of hydrogen-bond acceptors (Lipinski definition) is 9. The molecule has 0 fully saturated rings. The molecule has 0 unspecified atom stereocenters. The molecule has 0 aliphatic carbocycles. The second kappa shape index (κ2) is 13.3. The number of ether oxygens (including phenoxy) is 1. The summed E-state index contributed by atoms with van der Waals surface area (Å²) >= 11 is 1.31. The average Bonchev–Trinajstić information content (AvgIpc) is 3.41. The quantitative estimate of drug-likeness (QED) is 0.187. The van der Waals surface area contributed by atoms with Crippen molar-refractivity contribution in [2.24, 2.45) is 0 Å². The number of rotatable bonds is 9. The molecule has 0 saturated heterocycles. The molecule has 0 spiro atoms. The summed E-state index contributed by atoms with van der Waals surface area (Å²) in [6.07, 6.45) is 3.89. The lowest BCUT2D eigenvalue weighted by Gasteiger charge is -2.22. The van der Waals surface area contributed by atoms with Crippen LogP contribution in [0.25, 0.3) is 21.0 Å². The largest absolute Gasteiger partial charge is 0.447 e. The van der Waals surface area contributed by atoms with Gasteiger partial charge in [0.25, 0.3) is 0 Å². The number of carbonyl (C=O) groups is 2. The fourth-order valence-electron chi connectivity index (χ4n) is 3.85. The maximum atomic E-state index is 13.5. The van der Waals surface area contributed by atoms with Gasteiger partial charge in [-0.15, -0.1) is 11.3 Å². The van der Waals surface area contributed by atoms with Crippen LogP contribution < -0.4 is 20.7 Å². The summed E-state index contributed by atoms with van der Waals surface area (Å²) in [5, 5.41) is 16.2. The minimum absolute atomic E-state index is 0.00280. The van der Waals surface area contributed by atoms with E-state index in [9.17, 15) is 18.0 Å². The molecule has 43 heavy (non-hydrogen) atoms. The lowest BCUT2D eigenvalue weighted by atomic mass is 10.1. The maximum Gasteiger partial charge on any atom is 0.411 e. The number of nitrogens with one attached hydrogen (secondary N) is 4. The highest BCUT2D eigenvalue weighted by Gasteiger charge is 2.26. The smallest absolute Gasteiger partial charge is 0.411 e. The van der Waals surface area contributed by atoms with E-state index in [0.717, 1.165) is 11.1 Å². The number of carbonyl (C=O) groups excluding carboxylic acids is 2. The fourth-order valence-corrected chi connectivity index (χ4v) is 6.55. The van der Waals surface area contributed by atoms with Crippen molar-refractivity contribution in [3.63, 3.8) is 0 Å².